The summed E-state index contributed by atoms with van der Waals surface area (Å²) in [6, 6.07) is 0. The van der Waals surface area contributed by atoms with Crippen molar-refractivity contribution in [3.63, 3.8) is 0 Å². The number of hydrogen-bond acceptors (Lipinski definition) is 2. The number of Topliss-reactive ketones (excluding diaryl/α,β-unsaturated/α-hetero) is 2. The van der Waals surface area contributed by atoms with Crippen molar-refractivity contribution in [3.05, 3.63) is 36.5 Å². The smallest absolute Gasteiger partial charge is 0.144 e. The quantitative estimate of drug-likeness (QED) is 0.560. The Kier molecular flexibility index (Phi) is 4.83. The summed E-state index contributed by atoms with van der Waals surface area (Å²) in [6.07, 6.45) is 8.92. The van der Waals surface area contributed by atoms with Crippen LogP contribution in [0.4, 0.5) is 0 Å². The van der Waals surface area contributed by atoms with Crippen LogP contribution in [0.15, 0.2) is 36.5 Å². The molecule has 1 atom stereocenters. The van der Waals surface area contributed by atoms with Gasteiger partial charge in [-0.2, -0.15) is 0 Å². The molecule has 0 aromatic heterocycles. The summed E-state index contributed by atoms with van der Waals surface area (Å²) in [5.74, 6) is 0.0786. The minimum Gasteiger partial charge on any atom is -0.299 e. The topological polar surface area (TPSA) is 34.1 Å². The van der Waals surface area contributed by atoms with Crippen molar-refractivity contribution in [3.8, 4) is 0 Å². The molecule has 0 spiro atoms. The Hall–Kier alpha value is -1.44. The zero-order chi connectivity index (χ0) is 13.8. The summed E-state index contributed by atoms with van der Waals surface area (Å²) in [5, 5.41) is 0. The lowest BCUT2D eigenvalue weighted by Crippen LogP contribution is -2.39. The van der Waals surface area contributed by atoms with E-state index in [1.807, 2.05) is 39.0 Å². The SMILES string of the molecule is C=C/C=C(\C=C/C)CC1C(=O)CC(=O)CC1(C)C. The van der Waals surface area contributed by atoms with Gasteiger partial charge in [-0.15, -0.1) is 0 Å². The summed E-state index contributed by atoms with van der Waals surface area (Å²) in [5.41, 5.74) is 0.849. The molecule has 1 unspecified atom stereocenters. The molecule has 1 rings (SSSR count). The van der Waals surface area contributed by atoms with Crippen LogP contribution in [0.1, 0.15) is 40.0 Å². The maximum atomic E-state index is 12.1. The molecule has 1 saturated carbocycles. The van der Waals surface area contributed by atoms with Crippen molar-refractivity contribution in [2.24, 2.45) is 11.3 Å². The van der Waals surface area contributed by atoms with E-state index in [1.165, 1.54) is 0 Å². The normalized spacial score (nSPS) is 24.6. The first-order chi connectivity index (χ1) is 8.40. The van der Waals surface area contributed by atoms with Gasteiger partial charge in [-0.05, 0) is 24.3 Å². The van der Waals surface area contributed by atoms with Crippen molar-refractivity contribution in [2.75, 3.05) is 0 Å². The molecule has 0 aromatic rings. The fourth-order valence-electron chi connectivity index (χ4n) is 2.63. The van der Waals surface area contributed by atoms with Crippen LogP contribution in [0, 0.1) is 11.3 Å². The Labute approximate surface area is 109 Å². The molecule has 0 aromatic carbocycles. The summed E-state index contributed by atoms with van der Waals surface area (Å²) in [4.78, 5) is 23.6. The van der Waals surface area contributed by atoms with Crippen LogP contribution >= 0.6 is 0 Å². The van der Waals surface area contributed by atoms with Crippen LogP contribution in [-0.2, 0) is 9.59 Å². The molecule has 0 radical (unpaired) electrons. The fraction of sp³-hybridized carbons (Fsp3) is 0.500. The van der Waals surface area contributed by atoms with E-state index in [2.05, 4.69) is 6.58 Å². The molecule has 2 nitrogen and oxygen atoms in total. The van der Waals surface area contributed by atoms with Crippen molar-refractivity contribution in [2.45, 2.75) is 40.0 Å². The van der Waals surface area contributed by atoms with Crippen molar-refractivity contribution in [1.29, 1.82) is 0 Å². The first kappa shape index (κ1) is 14.6. The van der Waals surface area contributed by atoms with Crippen molar-refractivity contribution in [1.82, 2.24) is 0 Å². The average Bonchev–Trinajstić information content (AvgIpc) is 2.23. The Balaban J connectivity index is 2.93. The van der Waals surface area contributed by atoms with E-state index < -0.39 is 0 Å². The molecule has 0 amide bonds. The van der Waals surface area contributed by atoms with Crippen LogP contribution < -0.4 is 0 Å². The van der Waals surface area contributed by atoms with Crippen LogP contribution in [0.2, 0.25) is 0 Å². The monoisotopic (exact) mass is 246 g/mol. The molecule has 98 valence electrons. The Morgan fingerprint density at radius 1 is 1.44 bits per heavy atom. The summed E-state index contributed by atoms with van der Waals surface area (Å²) >= 11 is 0. The zero-order valence-corrected chi connectivity index (χ0v) is 11.5. The van der Waals surface area contributed by atoms with E-state index >= 15 is 0 Å². The van der Waals surface area contributed by atoms with Gasteiger partial charge in [0.1, 0.15) is 11.6 Å². The number of rotatable bonds is 4. The first-order valence-corrected chi connectivity index (χ1v) is 6.39. The number of ketones is 2. The third kappa shape index (κ3) is 3.52. The molecule has 0 saturated heterocycles. The van der Waals surface area contributed by atoms with Crippen molar-refractivity contribution >= 4 is 11.6 Å². The van der Waals surface area contributed by atoms with Gasteiger partial charge >= 0.3 is 0 Å². The van der Waals surface area contributed by atoms with Gasteiger partial charge in [0, 0.05) is 12.3 Å². The predicted octanol–water partition coefficient (Wildman–Crippen LogP) is 3.64. The van der Waals surface area contributed by atoms with Gasteiger partial charge in [0.05, 0.1) is 6.42 Å². The molecule has 18 heavy (non-hydrogen) atoms. The van der Waals surface area contributed by atoms with Crippen LogP contribution in [-0.4, -0.2) is 11.6 Å². The van der Waals surface area contributed by atoms with Crippen molar-refractivity contribution < 1.29 is 9.59 Å². The maximum absolute atomic E-state index is 12.1. The highest BCUT2D eigenvalue weighted by Crippen LogP contribution is 2.40. The number of hydrogen-bond donors (Lipinski definition) is 0. The maximum Gasteiger partial charge on any atom is 0.144 e. The molecule has 0 aliphatic heterocycles. The third-order valence-electron chi connectivity index (χ3n) is 3.51. The van der Waals surface area contributed by atoms with Crippen LogP contribution in [0.3, 0.4) is 0 Å². The molecule has 1 aliphatic carbocycles. The highest BCUT2D eigenvalue weighted by Gasteiger charge is 2.41. The second kappa shape index (κ2) is 5.94. The molecular formula is C16H22O2. The Morgan fingerprint density at radius 2 is 2.11 bits per heavy atom. The lowest BCUT2D eigenvalue weighted by Gasteiger charge is -2.36. The summed E-state index contributed by atoms with van der Waals surface area (Å²) in [6.45, 7) is 9.66. The number of carbonyl (C=O) groups excluding carboxylic acids is 2. The van der Waals surface area contributed by atoms with Gasteiger partial charge in [-0.1, -0.05) is 44.7 Å². The average molecular weight is 246 g/mol. The number of carbonyl (C=O) groups is 2. The molecule has 0 heterocycles. The summed E-state index contributed by atoms with van der Waals surface area (Å²) < 4.78 is 0. The molecule has 1 fully saturated rings. The first-order valence-electron chi connectivity index (χ1n) is 6.39. The predicted molar refractivity (Wildman–Crippen MR) is 74.2 cm³/mol. The van der Waals surface area contributed by atoms with Gasteiger partial charge in [-0.25, -0.2) is 0 Å². The number of allylic oxidation sites excluding steroid dienone is 5. The minimum atomic E-state index is -0.242. The Morgan fingerprint density at radius 3 is 2.61 bits per heavy atom. The van der Waals surface area contributed by atoms with Gasteiger partial charge in [-0.3, -0.25) is 9.59 Å². The molecule has 0 N–H and O–H groups in total. The minimum absolute atomic E-state index is 0.0709. The highest BCUT2D eigenvalue weighted by molar-refractivity contribution is 6.03. The van der Waals surface area contributed by atoms with Gasteiger partial charge < -0.3 is 0 Å². The summed E-state index contributed by atoms with van der Waals surface area (Å²) in [7, 11) is 0. The van der Waals surface area contributed by atoms with E-state index in [0.717, 1.165) is 5.57 Å². The van der Waals surface area contributed by atoms with Gasteiger partial charge in [0.2, 0.25) is 0 Å². The van der Waals surface area contributed by atoms with E-state index in [0.29, 0.717) is 12.8 Å². The van der Waals surface area contributed by atoms with Gasteiger partial charge in [0.15, 0.2) is 0 Å². The molecular weight excluding hydrogens is 224 g/mol. The zero-order valence-electron chi connectivity index (χ0n) is 11.5. The molecule has 0 bridgehead atoms. The third-order valence-corrected chi connectivity index (χ3v) is 3.51. The van der Waals surface area contributed by atoms with E-state index in [9.17, 15) is 9.59 Å². The van der Waals surface area contributed by atoms with Crippen LogP contribution in [0.5, 0.6) is 0 Å². The highest BCUT2D eigenvalue weighted by atomic mass is 16.1. The molecule has 2 heteroatoms. The lowest BCUT2D eigenvalue weighted by molar-refractivity contribution is -0.138. The second-order valence-corrected chi connectivity index (χ2v) is 5.58. The van der Waals surface area contributed by atoms with Gasteiger partial charge in [0.25, 0.3) is 0 Å². The Bertz CT molecular complexity index is 411. The fourth-order valence-corrected chi connectivity index (χ4v) is 2.63. The van der Waals surface area contributed by atoms with E-state index in [1.54, 1.807) is 6.08 Å². The lowest BCUT2D eigenvalue weighted by atomic mass is 9.65. The second-order valence-electron chi connectivity index (χ2n) is 5.58. The van der Waals surface area contributed by atoms with Crippen LogP contribution in [0.25, 0.3) is 0 Å². The standard InChI is InChI=1S/C16H22O2/c1-5-7-12(8-6-2)9-14-15(18)10-13(17)11-16(14,3)4/h5-8,14H,1,9-11H2,2-4H3/b8-6-,12-7+. The molecule has 1 aliphatic rings. The van der Waals surface area contributed by atoms with E-state index in [-0.39, 0.29) is 29.3 Å². The van der Waals surface area contributed by atoms with E-state index in [4.69, 9.17) is 0 Å². The largest absolute Gasteiger partial charge is 0.299 e.